The quantitative estimate of drug-likeness (QED) is 0.179. The number of hydrogen-bond donors (Lipinski definition) is 1. The first-order valence-corrected chi connectivity index (χ1v) is 14.7. The number of nitrogens with zero attached hydrogens (tertiary/aromatic N) is 3. The summed E-state index contributed by atoms with van der Waals surface area (Å²) in [6.07, 6.45) is 0.498. The Morgan fingerprint density at radius 2 is 1.73 bits per heavy atom. The second-order valence-corrected chi connectivity index (χ2v) is 10.8. The van der Waals surface area contributed by atoms with Gasteiger partial charge in [0.25, 0.3) is 5.91 Å². The summed E-state index contributed by atoms with van der Waals surface area (Å²) >= 11 is 1.17. The van der Waals surface area contributed by atoms with Crippen LogP contribution in [0.2, 0.25) is 0 Å². The van der Waals surface area contributed by atoms with Crippen molar-refractivity contribution in [3.05, 3.63) is 125 Å². The minimum atomic E-state index is -0.684. The molecule has 1 unspecified atom stereocenters. The maximum Gasteiger partial charge on any atom is 0.339 e. The van der Waals surface area contributed by atoms with Crippen molar-refractivity contribution in [2.75, 3.05) is 24.8 Å². The first kappa shape index (κ1) is 30.1. The van der Waals surface area contributed by atoms with Crippen LogP contribution in [0.15, 0.2) is 113 Å². The van der Waals surface area contributed by atoms with Crippen LogP contribution in [0.4, 0.5) is 5.69 Å². The summed E-state index contributed by atoms with van der Waals surface area (Å²) in [6.45, 7) is -0.508. The summed E-state index contributed by atoms with van der Waals surface area (Å²) in [4.78, 5) is 39.6. The normalized spacial score (nSPS) is 13.9. The summed E-state index contributed by atoms with van der Waals surface area (Å²) in [5, 5.41) is 17.8. The number of nitriles is 1. The molecule has 1 aliphatic heterocycles. The molecule has 0 aromatic heterocycles. The molecule has 220 valence electrons. The Morgan fingerprint density at radius 3 is 2.48 bits per heavy atom. The predicted molar refractivity (Wildman–Crippen MR) is 167 cm³/mol. The van der Waals surface area contributed by atoms with Crippen LogP contribution in [0, 0.1) is 11.3 Å². The van der Waals surface area contributed by atoms with Crippen molar-refractivity contribution < 1.29 is 23.9 Å². The maximum absolute atomic E-state index is 13.4. The van der Waals surface area contributed by atoms with Crippen LogP contribution < -0.4 is 10.1 Å². The fourth-order valence-corrected chi connectivity index (χ4v) is 5.51. The van der Waals surface area contributed by atoms with E-state index in [4.69, 9.17) is 14.7 Å². The number of hydrazone groups is 1. The molecular weight excluding hydrogens is 576 g/mol. The number of hydrogen-bond acceptors (Lipinski definition) is 8. The van der Waals surface area contributed by atoms with Gasteiger partial charge in [0.15, 0.2) is 6.61 Å². The van der Waals surface area contributed by atoms with Crippen LogP contribution in [0.3, 0.4) is 0 Å². The van der Waals surface area contributed by atoms with Gasteiger partial charge in [0, 0.05) is 17.0 Å². The van der Waals surface area contributed by atoms with E-state index in [1.165, 1.54) is 16.8 Å². The van der Waals surface area contributed by atoms with E-state index in [2.05, 4.69) is 10.4 Å². The third kappa shape index (κ3) is 7.32. The SMILES string of the molecule is COc1ccc(C2CC(c3ccccc3)=NN2C(=O)COC(=O)c2ccccc2SCC(=O)Nc2cccc(C#N)c2)cc1. The highest BCUT2D eigenvalue weighted by Crippen LogP contribution is 2.34. The summed E-state index contributed by atoms with van der Waals surface area (Å²) < 4.78 is 10.7. The van der Waals surface area contributed by atoms with Crippen molar-refractivity contribution in [1.82, 2.24) is 5.01 Å². The molecule has 10 heteroatoms. The summed E-state index contributed by atoms with van der Waals surface area (Å²) in [5.74, 6) is -0.724. The molecule has 0 saturated heterocycles. The molecule has 9 nitrogen and oxygen atoms in total. The Bertz CT molecular complexity index is 1730. The second kappa shape index (κ2) is 14.2. The highest BCUT2D eigenvalue weighted by Gasteiger charge is 2.33. The molecule has 0 fully saturated rings. The monoisotopic (exact) mass is 604 g/mol. The van der Waals surface area contributed by atoms with Gasteiger partial charge >= 0.3 is 5.97 Å². The molecular formula is C34H28N4O5S. The van der Waals surface area contributed by atoms with Gasteiger partial charge in [-0.2, -0.15) is 10.4 Å². The highest BCUT2D eigenvalue weighted by molar-refractivity contribution is 8.00. The fourth-order valence-electron chi connectivity index (χ4n) is 4.67. The Labute approximate surface area is 259 Å². The smallest absolute Gasteiger partial charge is 0.339 e. The summed E-state index contributed by atoms with van der Waals surface area (Å²) in [7, 11) is 1.59. The minimum absolute atomic E-state index is 0.0221. The molecule has 0 aliphatic carbocycles. The molecule has 2 amide bonds. The molecule has 0 radical (unpaired) electrons. The largest absolute Gasteiger partial charge is 0.497 e. The van der Waals surface area contributed by atoms with Gasteiger partial charge in [-0.05, 0) is 53.6 Å². The van der Waals surface area contributed by atoms with Gasteiger partial charge in [0.2, 0.25) is 5.91 Å². The van der Waals surface area contributed by atoms with Crippen molar-refractivity contribution >= 4 is 40.9 Å². The lowest BCUT2D eigenvalue weighted by Crippen LogP contribution is -2.31. The number of rotatable bonds is 10. The number of ether oxygens (including phenoxy) is 2. The molecule has 1 heterocycles. The predicted octanol–water partition coefficient (Wildman–Crippen LogP) is 5.83. The average molecular weight is 605 g/mol. The van der Waals surface area contributed by atoms with Gasteiger partial charge in [-0.1, -0.05) is 60.7 Å². The minimum Gasteiger partial charge on any atom is -0.497 e. The standard InChI is InChI=1S/C34H28N4O5S/c1-42-27-16-14-25(15-17-27)30-19-29(24-9-3-2-4-10-24)37-38(30)33(40)21-43-34(41)28-12-5-6-13-31(28)44-22-32(39)36-26-11-7-8-23(18-26)20-35/h2-18,30H,19,21-22H2,1H3,(H,36,39). The zero-order valence-electron chi connectivity index (χ0n) is 23.8. The molecule has 1 atom stereocenters. The molecule has 4 aromatic carbocycles. The van der Waals surface area contributed by atoms with Crippen LogP contribution in [0.25, 0.3) is 0 Å². The zero-order valence-corrected chi connectivity index (χ0v) is 24.6. The lowest BCUT2D eigenvalue weighted by molar-refractivity contribution is -0.136. The van der Waals surface area contributed by atoms with E-state index in [0.29, 0.717) is 28.3 Å². The van der Waals surface area contributed by atoms with Crippen molar-refractivity contribution in [2.45, 2.75) is 17.4 Å². The molecule has 0 saturated carbocycles. The molecule has 0 bridgehead atoms. The van der Waals surface area contributed by atoms with Crippen LogP contribution in [0.5, 0.6) is 5.75 Å². The fraction of sp³-hybridized carbons (Fsp3) is 0.147. The van der Waals surface area contributed by atoms with E-state index < -0.39 is 18.5 Å². The first-order chi connectivity index (χ1) is 21.4. The van der Waals surface area contributed by atoms with Crippen molar-refractivity contribution in [3.8, 4) is 11.8 Å². The Morgan fingerprint density at radius 1 is 0.977 bits per heavy atom. The van der Waals surface area contributed by atoms with Gasteiger partial charge < -0.3 is 14.8 Å². The van der Waals surface area contributed by atoms with Crippen LogP contribution in [-0.2, 0) is 14.3 Å². The highest BCUT2D eigenvalue weighted by atomic mass is 32.2. The maximum atomic E-state index is 13.4. The molecule has 0 spiro atoms. The van der Waals surface area contributed by atoms with Gasteiger partial charge in [-0.25, -0.2) is 9.80 Å². The van der Waals surface area contributed by atoms with Crippen molar-refractivity contribution in [2.24, 2.45) is 5.10 Å². The number of benzene rings is 4. The molecule has 4 aromatic rings. The first-order valence-electron chi connectivity index (χ1n) is 13.7. The molecule has 1 N–H and O–H groups in total. The second-order valence-electron chi connectivity index (χ2n) is 9.75. The molecule has 5 rings (SSSR count). The van der Waals surface area contributed by atoms with Gasteiger partial charge in [0.05, 0.1) is 41.8 Å². The summed E-state index contributed by atoms with van der Waals surface area (Å²) in [5.41, 5.74) is 3.72. The van der Waals surface area contributed by atoms with Gasteiger partial charge in [-0.15, -0.1) is 11.8 Å². The number of anilines is 1. The van der Waals surface area contributed by atoms with Gasteiger partial charge in [0.1, 0.15) is 5.75 Å². The number of nitrogens with one attached hydrogen (secondary N) is 1. The third-order valence-electron chi connectivity index (χ3n) is 6.84. The van der Waals surface area contributed by atoms with E-state index in [-0.39, 0.29) is 23.3 Å². The number of esters is 1. The van der Waals surface area contributed by atoms with Crippen molar-refractivity contribution in [3.63, 3.8) is 0 Å². The van der Waals surface area contributed by atoms with Gasteiger partial charge in [-0.3, -0.25) is 9.59 Å². The zero-order chi connectivity index (χ0) is 30.9. The number of methoxy groups -OCH3 is 1. The number of carbonyl (C=O) groups excluding carboxylic acids is 3. The topological polar surface area (TPSA) is 121 Å². The van der Waals surface area contributed by atoms with E-state index >= 15 is 0 Å². The summed E-state index contributed by atoms with van der Waals surface area (Å²) in [6, 6.07) is 32.1. The van der Waals surface area contributed by atoms with Crippen LogP contribution >= 0.6 is 11.8 Å². The third-order valence-corrected chi connectivity index (χ3v) is 7.91. The Hall–Kier alpha value is -5.40. The number of amides is 2. The number of carbonyl (C=O) groups is 3. The number of thioether (sulfide) groups is 1. The lowest BCUT2D eigenvalue weighted by Gasteiger charge is -2.22. The van der Waals surface area contributed by atoms with E-state index in [0.717, 1.165) is 16.8 Å². The average Bonchev–Trinajstić information content (AvgIpc) is 3.52. The lowest BCUT2D eigenvalue weighted by atomic mass is 9.98. The Kier molecular flexibility index (Phi) is 9.69. The van der Waals surface area contributed by atoms with Crippen LogP contribution in [-0.4, -0.2) is 48.0 Å². The van der Waals surface area contributed by atoms with E-state index in [1.807, 2.05) is 60.7 Å². The Balaban J connectivity index is 1.25. The molecule has 44 heavy (non-hydrogen) atoms. The molecule has 1 aliphatic rings. The van der Waals surface area contributed by atoms with Crippen molar-refractivity contribution in [1.29, 1.82) is 5.26 Å². The van der Waals surface area contributed by atoms with E-state index in [1.54, 1.807) is 55.6 Å². The van der Waals surface area contributed by atoms with Crippen LogP contribution in [0.1, 0.15) is 39.5 Å². The van der Waals surface area contributed by atoms with E-state index in [9.17, 15) is 14.4 Å².